The van der Waals surface area contributed by atoms with Gasteiger partial charge in [-0.1, -0.05) is 24.3 Å². The molecule has 2 fully saturated rings. The van der Waals surface area contributed by atoms with Crippen LogP contribution in [0.15, 0.2) is 24.3 Å². The molecule has 22 heavy (non-hydrogen) atoms. The molecular formula is C16H16N2O4. The van der Waals surface area contributed by atoms with E-state index in [2.05, 4.69) is 5.32 Å². The Morgan fingerprint density at radius 1 is 1.27 bits per heavy atom. The molecule has 1 aromatic rings. The fourth-order valence-electron chi connectivity index (χ4n) is 3.79. The summed E-state index contributed by atoms with van der Waals surface area (Å²) in [5.41, 5.74) is 0.899. The van der Waals surface area contributed by atoms with E-state index in [9.17, 15) is 14.4 Å². The standard InChI is InChI=1S/C16H16N2O4/c1-9-8-12(13(19)22-9)18-14(20)16(17-15(18)21)7-6-10-4-2-3-5-11(10)16/h2-5,9,12H,6-8H2,1H3,(H,17,21)/t9-,12-,16-/m1/s1. The molecule has 3 atom stereocenters. The minimum atomic E-state index is -1.01. The molecule has 1 aromatic carbocycles. The van der Waals surface area contributed by atoms with Crippen molar-refractivity contribution in [3.05, 3.63) is 35.4 Å². The number of carbonyl (C=O) groups excluding carboxylic acids is 3. The molecule has 1 aliphatic carbocycles. The number of hydrogen-bond donors (Lipinski definition) is 1. The normalized spacial score (nSPS) is 33.3. The number of cyclic esters (lactones) is 1. The molecule has 3 amide bonds. The topological polar surface area (TPSA) is 75.7 Å². The Morgan fingerprint density at radius 2 is 2.05 bits per heavy atom. The van der Waals surface area contributed by atoms with Gasteiger partial charge in [0.1, 0.15) is 17.7 Å². The van der Waals surface area contributed by atoms with E-state index >= 15 is 0 Å². The third-order valence-corrected chi connectivity index (χ3v) is 4.83. The molecule has 2 saturated heterocycles. The molecule has 0 unspecified atom stereocenters. The number of nitrogens with zero attached hydrogens (tertiary/aromatic N) is 1. The summed E-state index contributed by atoms with van der Waals surface area (Å²) >= 11 is 0. The molecule has 1 N–H and O–H groups in total. The fourth-order valence-corrected chi connectivity index (χ4v) is 3.79. The number of carbonyl (C=O) groups is 3. The fraction of sp³-hybridized carbons (Fsp3) is 0.438. The maximum Gasteiger partial charge on any atom is 0.329 e. The number of fused-ring (bicyclic) bond motifs is 2. The van der Waals surface area contributed by atoms with Crippen LogP contribution in [0.4, 0.5) is 4.79 Å². The lowest BCUT2D eigenvalue weighted by Gasteiger charge is -2.23. The molecular weight excluding hydrogens is 284 g/mol. The van der Waals surface area contributed by atoms with Crippen molar-refractivity contribution in [3.8, 4) is 0 Å². The zero-order valence-corrected chi connectivity index (χ0v) is 12.2. The molecule has 0 saturated carbocycles. The van der Waals surface area contributed by atoms with Gasteiger partial charge in [0.2, 0.25) is 0 Å². The van der Waals surface area contributed by atoms with Gasteiger partial charge in [-0.15, -0.1) is 0 Å². The number of ether oxygens (including phenoxy) is 1. The van der Waals surface area contributed by atoms with Gasteiger partial charge >= 0.3 is 12.0 Å². The van der Waals surface area contributed by atoms with Crippen LogP contribution in [0.3, 0.4) is 0 Å². The van der Waals surface area contributed by atoms with Crippen LogP contribution in [-0.4, -0.2) is 35.0 Å². The molecule has 2 aliphatic heterocycles. The Labute approximate surface area is 127 Å². The summed E-state index contributed by atoms with van der Waals surface area (Å²) in [6, 6.07) is 6.32. The van der Waals surface area contributed by atoms with Crippen LogP contribution in [0.2, 0.25) is 0 Å². The summed E-state index contributed by atoms with van der Waals surface area (Å²) in [7, 11) is 0. The summed E-state index contributed by atoms with van der Waals surface area (Å²) in [6.07, 6.45) is 1.35. The number of aryl methyl sites for hydroxylation is 1. The molecule has 6 nitrogen and oxygen atoms in total. The first-order valence-corrected chi connectivity index (χ1v) is 7.47. The Balaban J connectivity index is 1.74. The van der Waals surface area contributed by atoms with E-state index in [1.807, 2.05) is 24.3 Å². The van der Waals surface area contributed by atoms with Gasteiger partial charge < -0.3 is 10.1 Å². The van der Waals surface area contributed by atoms with Gasteiger partial charge in [0.25, 0.3) is 5.91 Å². The van der Waals surface area contributed by atoms with Gasteiger partial charge in [0, 0.05) is 6.42 Å². The number of imide groups is 1. The van der Waals surface area contributed by atoms with E-state index < -0.39 is 23.6 Å². The molecule has 4 rings (SSSR count). The van der Waals surface area contributed by atoms with E-state index in [1.54, 1.807) is 6.92 Å². The van der Waals surface area contributed by atoms with E-state index in [0.29, 0.717) is 12.8 Å². The highest BCUT2D eigenvalue weighted by Crippen LogP contribution is 2.42. The number of urea groups is 1. The smallest absolute Gasteiger partial charge is 0.329 e. The quantitative estimate of drug-likeness (QED) is 0.622. The Kier molecular flexibility index (Phi) is 2.61. The highest BCUT2D eigenvalue weighted by Gasteiger charge is 2.59. The highest BCUT2D eigenvalue weighted by atomic mass is 16.6. The number of hydrogen-bond acceptors (Lipinski definition) is 4. The van der Waals surface area contributed by atoms with Gasteiger partial charge in [-0.05, 0) is 30.9 Å². The molecule has 0 aromatic heterocycles. The summed E-state index contributed by atoms with van der Waals surface area (Å²) in [4.78, 5) is 38.3. The minimum absolute atomic E-state index is 0.273. The van der Waals surface area contributed by atoms with Crippen LogP contribution in [0.1, 0.15) is 30.9 Å². The second-order valence-corrected chi connectivity index (χ2v) is 6.17. The number of rotatable bonds is 1. The predicted octanol–water partition coefficient (Wildman–Crippen LogP) is 1.08. The molecule has 0 bridgehead atoms. The first-order chi connectivity index (χ1) is 10.5. The monoisotopic (exact) mass is 300 g/mol. The van der Waals surface area contributed by atoms with Crippen molar-refractivity contribution in [2.24, 2.45) is 0 Å². The Hall–Kier alpha value is -2.37. The van der Waals surface area contributed by atoms with Crippen LogP contribution >= 0.6 is 0 Å². The first kappa shape index (κ1) is 13.3. The largest absolute Gasteiger partial charge is 0.461 e. The van der Waals surface area contributed by atoms with Crippen molar-refractivity contribution >= 4 is 17.9 Å². The van der Waals surface area contributed by atoms with E-state index in [0.717, 1.165) is 22.4 Å². The SMILES string of the molecule is C[C@@H]1C[C@@H](N2C(=O)N[C@@]3(CCc4ccccc43)C2=O)C(=O)O1. The van der Waals surface area contributed by atoms with Crippen molar-refractivity contribution in [2.75, 3.05) is 0 Å². The zero-order valence-electron chi connectivity index (χ0n) is 12.2. The maximum atomic E-state index is 13.0. The molecule has 3 aliphatic rings. The van der Waals surface area contributed by atoms with Gasteiger partial charge in [-0.2, -0.15) is 0 Å². The number of nitrogens with one attached hydrogen (secondary N) is 1. The van der Waals surface area contributed by atoms with Crippen molar-refractivity contribution in [3.63, 3.8) is 0 Å². The van der Waals surface area contributed by atoms with Crippen LogP contribution in [0, 0.1) is 0 Å². The minimum Gasteiger partial charge on any atom is -0.461 e. The van der Waals surface area contributed by atoms with Crippen LogP contribution < -0.4 is 5.32 Å². The van der Waals surface area contributed by atoms with Crippen LogP contribution in [0.25, 0.3) is 0 Å². The number of benzene rings is 1. The van der Waals surface area contributed by atoms with Gasteiger partial charge in [-0.25, -0.2) is 14.5 Å². The average molecular weight is 300 g/mol. The van der Waals surface area contributed by atoms with E-state index in [4.69, 9.17) is 4.74 Å². The van der Waals surface area contributed by atoms with Crippen molar-refractivity contribution in [1.29, 1.82) is 0 Å². The lowest BCUT2D eigenvalue weighted by Crippen LogP contribution is -2.45. The van der Waals surface area contributed by atoms with Gasteiger partial charge in [0.05, 0.1) is 0 Å². The third kappa shape index (κ3) is 1.58. The van der Waals surface area contributed by atoms with Gasteiger partial charge in [-0.3, -0.25) is 4.79 Å². The number of esters is 1. The average Bonchev–Trinajstić information content (AvgIpc) is 3.09. The summed E-state index contributed by atoms with van der Waals surface area (Å²) < 4.78 is 5.09. The second kappa shape index (κ2) is 4.32. The molecule has 0 radical (unpaired) electrons. The van der Waals surface area contributed by atoms with E-state index in [-0.39, 0.29) is 12.0 Å². The second-order valence-electron chi connectivity index (χ2n) is 6.17. The van der Waals surface area contributed by atoms with Crippen molar-refractivity contribution in [1.82, 2.24) is 10.2 Å². The lowest BCUT2D eigenvalue weighted by atomic mass is 9.91. The Morgan fingerprint density at radius 3 is 2.77 bits per heavy atom. The molecule has 114 valence electrons. The number of amides is 3. The van der Waals surface area contributed by atoms with Crippen LogP contribution in [0.5, 0.6) is 0 Å². The lowest BCUT2D eigenvalue weighted by molar-refractivity contribution is -0.147. The van der Waals surface area contributed by atoms with Gasteiger partial charge in [0.15, 0.2) is 0 Å². The predicted molar refractivity (Wildman–Crippen MR) is 75.8 cm³/mol. The Bertz CT molecular complexity index is 701. The van der Waals surface area contributed by atoms with Crippen LogP contribution in [-0.2, 0) is 26.3 Å². The first-order valence-electron chi connectivity index (χ1n) is 7.47. The highest BCUT2D eigenvalue weighted by molar-refractivity contribution is 6.10. The summed E-state index contributed by atoms with van der Waals surface area (Å²) in [6.45, 7) is 1.76. The van der Waals surface area contributed by atoms with Crippen molar-refractivity contribution < 1.29 is 19.1 Å². The maximum absolute atomic E-state index is 13.0. The molecule has 6 heteroatoms. The third-order valence-electron chi connectivity index (χ3n) is 4.83. The van der Waals surface area contributed by atoms with Crippen molar-refractivity contribution in [2.45, 2.75) is 43.9 Å². The van der Waals surface area contributed by atoms with E-state index in [1.165, 1.54) is 0 Å². The molecule has 2 heterocycles. The summed E-state index contributed by atoms with van der Waals surface area (Å²) in [5, 5.41) is 2.83. The zero-order chi connectivity index (χ0) is 15.5. The summed E-state index contributed by atoms with van der Waals surface area (Å²) in [5.74, 6) is -0.835. The molecule has 1 spiro atoms.